The minimum absolute atomic E-state index is 0.137. The van der Waals surface area contributed by atoms with E-state index in [0.29, 0.717) is 6.61 Å². The number of benzene rings is 1. The predicted octanol–water partition coefficient (Wildman–Crippen LogP) is 3.12. The van der Waals surface area contributed by atoms with Crippen molar-refractivity contribution in [2.75, 3.05) is 20.3 Å². The maximum atomic E-state index is 13.0. The smallest absolute Gasteiger partial charge is 0.124 e. The topological polar surface area (TPSA) is 21.3 Å². The fourth-order valence-electron chi connectivity index (χ4n) is 1.53. The van der Waals surface area contributed by atoms with Crippen LogP contribution in [0.5, 0.6) is 0 Å². The first-order chi connectivity index (χ1) is 7.69. The Morgan fingerprint density at radius 2 is 2.25 bits per heavy atom. The van der Waals surface area contributed by atoms with Crippen molar-refractivity contribution in [3.8, 4) is 0 Å². The van der Waals surface area contributed by atoms with Gasteiger partial charge in [0.15, 0.2) is 0 Å². The zero-order valence-electron chi connectivity index (χ0n) is 9.59. The highest BCUT2D eigenvalue weighted by Crippen LogP contribution is 2.21. The van der Waals surface area contributed by atoms with Crippen molar-refractivity contribution in [2.45, 2.75) is 19.4 Å². The van der Waals surface area contributed by atoms with Gasteiger partial charge in [-0.05, 0) is 53.3 Å². The standard InChI is InChI=1S/C12H17FINO/c1-3-6-15-12(8-16-2)10-5-4-9(13)7-11(10)14/h4-5,7,12,15H,3,6,8H2,1-2H3. The Hall–Kier alpha value is -0.200. The Labute approximate surface area is 110 Å². The monoisotopic (exact) mass is 337 g/mol. The average Bonchev–Trinajstić information content (AvgIpc) is 2.25. The summed E-state index contributed by atoms with van der Waals surface area (Å²) < 4.78 is 19.1. The third-order valence-electron chi connectivity index (χ3n) is 2.31. The van der Waals surface area contributed by atoms with E-state index in [4.69, 9.17) is 4.74 Å². The molecule has 1 N–H and O–H groups in total. The van der Waals surface area contributed by atoms with Crippen LogP contribution in [0.4, 0.5) is 4.39 Å². The van der Waals surface area contributed by atoms with Crippen LogP contribution in [-0.2, 0) is 4.74 Å². The van der Waals surface area contributed by atoms with E-state index in [1.165, 1.54) is 6.07 Å². The van der Waals surface area contributed by atoms with Gasteiger partial charge in [0.1, 0.15) is 5.82 Å². The lowest BCUT2D eigenvalue weighted by atomic mass is 10.1. The van der Waals surface area contributed by atoms with Crippen molar-refractivity contribution in [3.63, 3.8) is 0 Å². The highest BCUT2D eigenvalue weighted by molar-refractivity contribution is 14.1. The molecule has 0 radical (unpaired) electrons. The molecule has 1 rings (SSSR count). The van der Waals surface area contributed by atoms with Crippen LogP contribution in [0.1, 0.15) is 24.9 Å². The molecule has 16 heavy (non-hydrogen) atoms. The summed E-state index contributed by atoms with van der Waals surface area (Å²) >= 11 is 2.16. The van der Waals surface area contributed by atoms with E-state index in [0.717, 1.165) is 22.1 Å². The molecule has 0 aromatic heterocycles. The number of methoxy groups -OCH3 is 1. The summed E-state index contributed by atoms with van der Waals surface area (Å²) in [5, 5.41) is 3.39. The zero-order valence-corrected chi connectivity index (χ0v) is 11.8. The predicted molar refractivity (Wildman–Crippen MR) is 72.0 cm³/mol. The molecule has 0 bridgehead atoms. The Morgan fingerprint density at radius 3 is 2.81 bits per heavy atom. The summed E-state index contributed by atoms with van der Waals surface area (Å²) in [6.07, 6.45) is 1.07. The van der Waals surface area contributed by atoms with Gasteiger partial charge in [-0.2, -0.15) is 0 Å². The molecular weight excluding hydrogens is 320 g/mol. The molecule has 2 nitrogen and oxygen atoms in total. The van der Waals surface area contributed by atoms with E-state index in [2.05, 4.69) is 34.8 Å². The maximum absolute atomic E-state index is 13.0. The molecule has 1 aromatic carbocycles. The summed E-state index contributed by atoms with van der Waals surface area (Å²) in [6.45, 7) is 3.65. The fraction of sp³-hybridized carbons (Fsp3) is 0.500. The fourth-order valence-corrected chi connectivity index (χ4v) is 2.38. The number of rotatable bonds is 6. The van der Waals surface area contributed by atoms with Crippen LogP contribution in [0.15, 0.2) is 18.2 Å². The van der Waals surface area contributed by atoms with Crippen LogP contribution in [0.2, 0.25) is 0 Å². The van der Waals surface area contributed by atoms with E-state index in [-0.39, 0.29) is 11.9 Å². The summed E-state index contributed by atoms with van der Waals surface area (Å²) in [4.78, 5) is 0. The molecule has 4 heteroatoms. The number of hydrogen-bond donors (Lipinski definition) is 1. The molecule has 0 heterocycles. The molecule has 1 unspecified atom stereocenters. The third kappa shape index (κ3) is 3.99. The van der Waals surface area contributed by atoms with Gasteiger partial charge >= 0.3 is 0 Å². The first-order valence-corrected chi connectivity index (χ1v) is 6.44. The van der Waals surface area contributed by atoms with Crippen LogP contribution < -0.4 is 5.32 Å². The van der Waals surface area contributed by atoms with Crippen molar-refractivity contribution < 1.29 is 9.13 Å². The normalized spacial score (nSPS) is 12.8. The van der Waals surface area contributed by atoms with Crippen molar-refractivity contribution in [1.29, 1.82) is 0 Å². The minimum Gasteiger partial charge on any atom is -0.383 e. The van der Waals surface area contributed by atoms with Gasteiger partial charge in [0.2, 0.25) is 0 Å². The Balaban J connectivity index is 2.82. The lowest BCUT2D eigenvalue weighted by molar-refractivity contribution is 0.166. The second kappa shape index (κ2) is 7.19. The molecule has 0 aliphatic carbocycles. The van der Waals surface area contributed by atoms with Crippen molar-refractivity contribution in [1.82, 2.24) is 5.32 Å². The molecule has 0 saturated heterocycles. The zero-order chi connectivity index (χ0) is 12.0. The van der Waals surface area contributed by atoms with Crippen LogP contribution in [-0.4, -0.2) is 20.3 Å². The SMILES string of the molecule is CCCNC(COC)c1ccc(F)cc1I. The van der Waals surface area contributed by atoms with Crippen molar-refractivity contribution in [3.05, 3.63) is 33.1 Å². The maximum Gasteiger partial charge on any atom is 0.124 e. The first-order valence-electron chi connectivity index (χ1n) is 5.36. The molecule has 0 aliphatic heterocycles. The molecule has 1 aromatic rings. The van der Waals surface area contributed by atoms with Gasteiger partial charge in [0, 0.05) is 10.7 Å². The number of halogens is 2. The van der Waals surface area contributed by atoms with Crippen LogP contribution >= 0.6 is 22.6 Å². The highest BCUT2D eigenvalue weighted by Gasteiger charge is 2.13. The summed E-state index contributed by atoms with van der Waals surface area (Å²) in [5.41, 5.74) is 1.09. The number of nitrogens with one attached hydrogen (secondary N) is 1. The largest absolute Gasteiger partial charge is 0.383 e. The minimum atomic E-state index is -0.195. The lowest BCUT2D eigenvalue weighted by Crippen LogP contribution is -2.26. The molecule has 90 valence electrons. The highest BCUT2D eigenvalue weighted by atomic mass is 127. The summed E-state index contributed by atoms with van der Waals surface area (Å²) in [5.74, 6) is -0.195. The Bertz CT molecular complexity index is 333. The van der Waals surface area contributed by atoms with Crippen LogP contribution in [0.3, 0.4) is 0 Å². The Morgan fingerprint density at radius 1 is 1.50 bits per heavy atom. The van der Waals surface area contributed by atoms with Crippen LogP contribution in [0.25, 0.3) is 0 Å². The van der Waals surface area contributed by atoms with Gasteiger partial charge in [-0.3, -0.25) is 0 Å². The lowest BCUT2D eigenvalue weighted by Gasteiger charge is -2.19. The van der Waals surface area contributed by atoms with E-state index in [9.17, 15) is 4.39 Å². The average molecular weight is 337 g/mol. The summed E-state index contributed by atoms with van der Waals surface area (Å²) in [7, 11) is 1.68. The van der Waals surface area contributed by atoms with Gasteiger partial charge in [0.05, 0.1) is 12.6 Å². The van der Waals surface area contributed by atoms with E-state index < -0.39 is 0 Å². The van der Waals surface area contributed by atoms with Gasteiger partial charge in [0.25, 0.3) is 0 Å². The quantitative estimate of drug-likeness (QED) is 0.806. The van der Waals surface area contributed by atoms with E-state index in [1.807, 2.05) is 6.07 Å². The van der Waals surface area contributed by atoms with Crippen molar-refractivity contribution in [2.24, 2.45) is 0 Å². The van der Waals surface area contributed by atoms with E-state index in [1.54, 1.807) is 13.2 Å². The van der Waals surface area contributed by atoms with Gasteiger partial charge in [-0.1, -0.05) is 13.0 Å². The third-order valence-corrected chi connectivity index (χ3v) is 3.25. The van der Waals surface area contributed by atoms with Crippen LogP contribution in [0, 0.1) is 9.39 Å². The molecule has 0 spiro atoms. The second-order valence-electron chi connectivity index (χ2n) is 3.63. The van der Waals surface area contributed by atoms with Gasteiger partial charge in [-0.25, -0.2) is 4.39 Å². The molecule has 0 amide bonds. The first kappa shape index (κ1) is 13.9. The molecule has 0 fully saturated rings. The summed E-state index contributed by atoms with van der Waals surface area (Å²) in [6, 6.07) is 5.00. The number of ether oxygens (including phenoxy) is 1. The van der Waals surface area contributed by atoms with Gasteiger partial charge < -0.3 is 10.1 Å². The molecule has 1 atom stereocenters. The molecule has 0 aliphatic rings. The molecule has 0 saturated carbocycles. The molecular formula is C12H17FINO. The number of hydrogen-bond acceptors (Lipinski definition) is 2. The van der Waals surface area contributed by atoms with E-state index >= 15 is 0 Å². The Kier molecular flexibility index (Phi) is 6.23. The van der Waals surface area contributed by atoms with Gasteiger partial charge in [-0.15, -0.1) is 0 Å². The van der Waals surface area contributed by atoms with Crippen molar-refractivity contribution >= 4 is 22.6 Å². The second-order valence-corrected chi connectivity index (χ2v) is 4.79.